The van der Waals surface area contributed by atoms with Crippen molar-refractivity contribution in [3.63, 3.8) is 0 Å². The quantitative estimate of drug-likeness (QED) is 0.833. The average molecular weight is 281 g/mol. The predicted octanol–water partition coefficient (Wildman–Crippen LogP) is 4.75. The molecular formula is C15H17F2NS. The lowest BCUT2D eigenvalue weighted by Gasteiger charge is -2.12. The number of halogens is 2. The van der Waals surface area contributed by atoms with E-state index in [1.165, 1.54) is 17.0 Å². The molecule has 102 valence electrons. The van der Waals surface area contributed by atoms with E-state index in [1.807, 2.05) is 19.2 Å². The molecule has 1 N–H and O–H groups in total. The molecule has 0 saturated heterocycles. The molecule has 19 heavy (non-hydrogen) atoms. The molecule has 0 fully saturated rings. The van der Waals surface area contributed by atoms with E-state index in [1.54, 1.807) is 11.3 Å². The van der Waals surface area contributed by atoms with Gasteiger partial charge in [0.2, 0.25) is 0 Å². The highest BCUT2D eigenvalue weighted by molar-refractivity contribution is 7.15. The molecule has 4 heteroatoms. The van der Waals surface area contributed by atoms with Gasteiger partial charge in [0, 0.05) is 27.4 Å². The zero-order chi connectivity index (χ0) is 13.8. The SMILES string of the molecule is CCCC(NC)c1ccc(-c2ccc(F)cc2F)s1. The highest BCUT2D eigenvalue weighted by Crippen LogP contribution is 2.34. The van der Waals surface area contributed by atoms with Crippen molar-refractivity contribution in [3.8, 4) is 10.4 Å². The Morgan fingerprint density at radius 3 is 2.63 bits per heavy atom. The van der Waals surface area contributed by atoms with Crippen LogP contribution in [0, 0.1) is 11.6 Å². The fourth-order valence-electron chi connectivity index (χ4n) is 2.09. The van der Waals surface area contributed by atoms with Crippen LogP contribution in [0.5, 0.6) is 0 Å². The molecule has 2 rings (SSSR count). The van der Waals surface area contributed by atoms with E-state index in [0.29, 0.717) is 11.6 Å². The third-order valence-electron chi connectivity index (χ3n) is 3.09. The van der Waals surface area contributed by atoms with Gasteiger partial charge < -0.3 is 5.32 Å². The van der Waals surface area contributed by atoms with Crippen LogP contribution in [0.1, 0.15) is 30.7 Å². The first-order valence-corrected chi connectivity index (χ1v) is 7.19. The molecule has 1 heterocycles. The topological polar surface area (TPSA) is 12.0 Å². The summed E-state index contributed by atoms with van der Waals surface area (Å²) in [6.45, 7) is 2.14. The van der Waals surface area contributed by atoms with Gasteiger partial charge in [-0.1, -0.05) is 13.3 Å². The van der Waals surface area contributed by atoms with Gasteiger partial charge in [0.1, 0.15) is 11.6 Å². The maximum Gasteiger partial charge on any atom is 0.134 e. The number of hydrogen-bond donors (Lipinski definition) is 1. The summed E-state index contributed by atoms with van der Waals surface area (Å²) < 4.78 is 26.6. The van der Waals surface area contributed by atoms with Crippen LogP contribution in [0.4, 0.5) is 8.78 Å². The normalized spacial score (nSPS) is 12.6. The molecule has 0 aliphatic rings. The van der Waals surface area contributed by atoms with E-state index >= 15 is 0 Å². The molecule has 0 spiro atoms. The number of rotatable bonds is 5. The second-order valence-electron chi connectivity index (χ2n) is 4.46. The van der Waals surface area contributed by atoms with Crippen LogP contribution in [0.25, 0.3) is 10.4 Å². The molecule has 0 bridgehead atoms. The maximum absolute atomic E-state index is 13.7. The Labute approximate surface area is 116 Å². The van der Waals surface area contributed by atoms with Gasteiger partial charge in [-0.3, -0.25) is 0 Å². The largest absolute Gasteiger partial charge is 0.312 e. The summed E-state index contributed by atoms with van der Waals surface area (Å²) >= 11 is 1.55. The molecule has 1 aromatic heterocycles. The van der Waals surface area contributed by atoms with Gasteiger partial charge in [-0.15, -0.1) is 11.3 Å². The van der Waals surface area contributed by atoms with Crippen molar-refractivity contribution >= 4 is 11.3 Å². The van der Waals surface area contributed by atoms with Gasteiger partial charge in [-0.05, 0) is 37.7 Å². The van der Waals surface area contributed by atoms with Crippen molar-refractivity contribution in [1.29, 1.82) is 0 Å². The molecule has 1 atom stereocenters. The number of hydrogen-bond acceptors (Lipinski definition) is 2. The van der Waals surface area contributed by atoms with Crippen LogP contribution < -0.4 is 5.32 Å². The first kappa shape index (κ1) is 14.2. The molecular weight excluding hydrogens is 264 g/mol. The fraction of sp³-hybridized carbons (Fsp3) is 0.333. The summed E-state index contributed by atoms with van der Waals surface area (Å²) in [7, 11) is 1.93. The van der Waals surface area contributed by atoms with Gasteiger partial charge in [0.05, 0.1) is 0 Å². The van der Waals surface area contributed by atoms with Gasteiger partial charge >= 0.3 is 0 Å². The summed E-state index contributed by atoms with van der Waals surface area (Å²) in [4.78, 5) is 2.02. The van der Waals surface area contributed by atoms with Crippen molar-refractivity contribution in [1.82, 2.24) is 5.32 Å². The highest BCUT2D eigenvalue weighted by Gasteiger charge is 2.13. The summed E-state index contributed by atoms with van der Waals surface area (Å²) in [5, 5.41) is 3.26. The Balaban J connectivity index is 2.29. The third kappa shape index (κ3) is 3.19. The fourth-order valence-corrected chi connectivity index (χ4v) is 3.27. The summed E-state index contributed by atoms with van der Waals surface area (Å²) in [6.07, 6.45) is 2.13. The second-order valence-corrected chi connectivity index (χ2v) is 5.57. The molecule has 0 saturated carbocycles. The summed E-state index contributed by atoms with van der Waals surface area (Å²) in [5.74, 6) is -1.05. The summed E-state index contributed by atoms with van der Waals surface area (Å²) in [5.41, 5.74) is 0.462. The minimum absolute atomic E-state index is 0.298. The van der Waals surface area contributed by atoms with Crippen LogP contribution >= 0.6 is 11.3 Å². The standard InChI is InChI=1S/C15H17F2NS/c1-3-4-13(18-2)15-8-7-14(19-15)11-6-5-10(16)9-12(11)17/h5-9,13,18H,3-4H2,1-2H3. The number of nitrogens with one attached hydrogen (secondary N) is 1. The Morgan fingerprint density at radius 1 is 1.21 bits per heavy atom. The molecule has 0 aliphatic carbocycles. The molecule has 1 nitrogen and oxygen atoms in total. The van der Waals surface area contributed by atoms with Crippen molar-refractivity contribution in [2.75, 3.05) is 7.05 Å². The van der Waals surface area contributed by atoms with Crippen LogP contribution in [0.3, 0.4) is 0 Å². The Hall–Kier alpha value is -1.26. The number of benzene rings is 1. The molecule has 0 amide bonds. The van der Waals surface area contributed by atoms with E-state index in [9.17, 15) is 8.78 Å². The lowest BCUT2D eigenvalue weighted by Crippen LogP contribution is -2.14. The van der Waals surface area contributed by atoms with Crippen molar-refractivity contribution < 1.29 is 8.78 Å². The van der Waals surface area contributed by atoms with E-state index in [4.69, 9.17) is 0 Å². The first-order valence-electron chi connectivity index (χ1n) is 6.38. The molecule has 1 aromatic carbocycles. The Kier molecular flexibility index (Phi) is 4.66. The van der Waals surface area contributed by atoms with E-state index in [-0.39, 0.29) is 0 Å². The molecule has 2 aromatic rings. The monoisotopic (exact) mass is 281 g/mol. The van der Waals surface area contributed by atoms with E-state index in [0.717, 1.165) is 23.8 Å². The lowest BCUT2D eigenvalue weighted by molar-refractivity contribution is 0.550. The molecule has 0 aliphatic heterocycles. The summed E-state index contributed by atoms with van der Waals surface area (Å²) in [6, 6.07) is 7.92. The lowest BCUT2D eigenvalue weighted by atomic mass is 10.1. The van der Waals surface area contributed by atoms with Crippen LogP contribution in [0.2, 0.25) is 0 Å². The second kappa shape index (κ2) is 6.26. The van der Waals surface area contributed by atoms with Gasteiger partial charge in [-0.2, -0.15) is 0 Å². The van der Waals surface area contributed by atoms with Gasteiger partial charge in [0.25, 0.3) is 0 Å². The van der Waals surface area contributed by atoms with Crippen LogP contribution in [-0.4, -0.2) is 7.05 Å². The molecule has 1 unspecified atom stereocenters. The Bertz CT molecular complexity index is 551. The number of thiophene rings is 1. The van der Waals surface area contributed by atoms with Gasteiger partial charge in [-0.25, -0.2) is 8.78 Å². The van der Waals surface area contributed by atoms with E-state index < -0.39 is 11.6 Å². The van der Waals surface area contributed by atoms with E-state index in [2.05, 4.69) is 12.2 Å². The predicted molar refractivity (Wildman–Crippen MR) is 76.4 cm³/mol. The van der Waals surface area contributed by atoms with Crippen LogP contribution in [0.15, 0.2) is 30.3 Å². The minimum Gasteiger partial charge on any atom is -0.312 e. The van der Waals surface area contributed by atoms with Crippen LogP contribution in [-0.2, 0) is 0 Å². The Morgan fingerprint density at radius 2 is 2.00 bits per heavy atom. The zero-order valence-electron chi connectivity index (χ0n) is 11.0. The highest BCUT2D eigenvalue weighted by atomic mass is 32.1. The first-order chi connectivity index (χ1) is 9.15. The average Bonchev–Trinajstić information content (AvgIpc) is 2.85. The molecule has 0 radical (unpaired) electrons. The van der Waals surface area contributed by atoms with Crippen molar-refractivity contribution in [2.45, 2.75) is 25.8 Å². The third-order valence-corrected chi connectivity index (χ3v) is 4.32. The maximum atomic E-state index is 13.7. The zero-order valence-corrected chi connectivity index (χ0v) is 11.9. The van der Waals surface area contributed by atoms with Gasteiger partial charge in [0.15, 0.2) is 0 Å². The van der Waals surface area contributed by atoms with Crippen molar-refractivity contribution in [3.05, 3.63) is 46.8 Å². The minimum atomic E-state index is -0.544. The van der Waals surface area contributed by atoms with Crippen molar-refractivity contribution in [2.24, 2.45) is 0 Å². The smallest absolute Gasteiger partial charge is 0.134 e.